The number of esters is 1. The van der Waals surface area contributed by atoms with Gasteiger partial charge in [0.25, 0.3) is 0 Å². The molecule has 20 heavy (non-hydrogen) atoms. The molecule has 0 spiro atoms. The molecule has 0 aliphatic rings. The molecule has 1 rings (SSSR count). The van der Waals surface area contributed by atoms with Crippen LogP contribution in [0.3, 0.4) is 0 Å². The van der Waals surface area contributed by atoms with Gasteiger partial charge in [0.15, 0.2) is 0 Å². The van der Waals surface area contributed by atoms with Gasteiger partial charge in [-0.1, -0.05) is 13.0 Å². The van der Waals surface area contributed by atoms with Crippen LogP contribution in [0.15, 0.2) is 24.3 Å². The van der Waals surface area contributed by atoms with Gasteiger partial charge in [0.1, 0.15) is 5.75 Å². The fraction of sp³-hybridized carbons (Fsp3) is 0.562. The second-order valence-electron chi connectivity index (χ2n) is 4.92. The van der Waals surface area contributed by atoms with Gasteiger partial charge in [0, 0.05) is 17.8 Å². The van der Waals surface area contributed by atoms with E-state index in [1.165, 1.54) is 0 Å². The number of hydrogen-bond donors (Lipinski definition) is 1. The maximum Gasteiger partial charge on any atom is 0.307 e. The Kier molecular flexibility index (Phi) is 6.91. The van der Waals surface area contributed by atoms with Crippen molar-refractivity contribution in [2.45, 2.75) is 52.7 Å². The molecule has 0 aliphatic heterocycles. The van der Waals surface area contributed by atoms with Crippen LogP contribution in [0.4, 0.5) is 5.69 Å². The predicted molar refractivity (Wildman–Crippen MR) is 81.2 cm³/mol. The first-order valence-corrected chi connectivity index (χ1v) is 7.24. The molecule has 4 nitrogen and oxygen atoms in total. The van der Waals surface area contributed by atoms with E-state index in [1.807, 2.05) is 45.0 Å². The summed E-state index contributed by atoms with van der Waals surface area (Å²) >= 11 is 0. The molecule has 2 unspecified atom stereocenters. The van der Waals surface area contributed by atoms with Crippen molar-refractivity contribution in [3.05, 3.63) is 24.3 Å². The Bertz CT molecular complexity index is 420. The number of nitrogens with one attached hydrogen (secondary N) is 1. The lowest BCUT2D eigenvalue weighted by Crippen LogP contribution is -2.21. The third kappa shape index (κ3) is 5.95. The molecular weight excluding hydrogens is 254 g/mol. The van der Waals surface area contributed by atoms with Crippen molar-refractivity contribution in [1.82, 2.24) is 0 Å². The summed E-state index contributed by atoms with van der Waals surface area (Å²) in [5.41, 5.74) is 0.947. The van der Waals surface area contributed by atoms with Gasteiger partial charge in [0.2, 0.25) is 0 Å². The summed E-state index contributed by atoms with van der Waals surface area (Å²) in [5, 5.41) is 3.28. The molecule has 2 atom stereocenters. The Labute approximate surface area is 121 Å². The third-order valence-corrected chi connectivity index (χ3v) is 2.94. The van der Waals surface area contributed by atoms with Crippen molar-refractivity contribution in [1.29, 1.82) is 0 Å². The minimum Gasteiger partial charge on any atom is -0.491 e. The summed E-state index contributed by atoms with van der Waals surface area (Å²) in [6.45, 7) is 8.33. The molecule has 0 saturated heterocycles. The zero-order chi connectivity index (χ0) is 15.0. The van der Waals surface area contributed by atoms with E-state index in [9.17, 15) is 4.79 Å². The monoisotopic (exact) mass is 279 g/mol. The second kappa shape index (κ2) is 8.46. The summed E-state index contributed by atoms with van der Waals surface area (Å²) < 4.78 is 10.7. The van der Waals surface area contributed by atoms with Gasteiger partial charge in [0.05, 0.1) is 19.1 Å². The maximum atomic E-state index is 11.4. The van der Waals surface area contributed by atoms with Crippen molar-refractivity contribution in [3.8, 4) is 5.75 Å². The molecule has 0 aliphatic carbocycles. The van der Waals surface area contributed by atoms with E-state index in [2.05, 4.69) is 12.2 Å². The standard InChI is InChI=1S/C16H25NO3/c1-5-13(4)20-15-9-7-8-14(11-15)17-12(3)10-16(18)19-6-2/h7-9,11-13,17H,5-6,10H2,1-4H3. The number of carbonyl (C=O) groups is 1. The first kappa shape index (κ1) is 16.3. The molecule has 0 saturated carbocycles. The molecule has 0 bridgehead atoms. The van der Waals surface area contributed by atoms with Gasteiger partial charge in [-0.3, -0.25) is 4.79 Å². The molecule has 0 heterocycles. The predicted octanol–water partition coefficient (Wildman–Crippen LogP) is 3.62. The van der Waals surface area contributed by atoms with Crippen LogP contribution in [0, 0.1) is 0 Å². The molecule has 4 heteroatoms. The topological polar surface area (TPSA) is 47.6 Å². The number of hydrogen-bond acceptors (Lipinski definition) is 4. The van der Waals surface area contributed by atoms with E-state index in [1.54, 1.807) is 0 Å². The third-order valence-electron chi connectivity index (χ3n) is 2.94. The summed E-state index contributed by atoms with van der Waals surface area (Å²) in [4.78, 5) is 11.4. The largest absolute Gasteiger partial charge is 0.491 e. The van der Waals surface area contributed by atoms with Crippen molar-refractivity contribution >= 4 is 11.7 Å². The van der Waals surface area contributed by atoms with Gasteiger partial charge in [-0.25, -0.2) is 0 Å². The Morgan fingerprint density at radius 3 is 2.70 bits per heavy atom. The van der Waals surface area contributed by atoms with E-state index < -0.39 is 0 Å². The van der Waals surface area contributed by atoms with E-state index in [0.717, 1.165) is 17.9 Å². The average molecular weight is 279 g/mol. The van der Waals surface area contributed by atoms with E-state index in [4.69, 9.17) is 9.47 Å². The van der Waals surface area contributed by atoms with Crippen LogP contribution in [0.5, 0.6) is 5.75 Å². The van der Waals surface area contributed by atoms with Crippen molar-refractivity contribution in [3.63, 3.8) is 0 Å². The lowest BCUT2D eigenvalue weighted by atomic mass is 10.2. The highest BCUT2D eigenvalue weighted by atomic mass is 16.5. The van der Waals surface area contributed by atoms with Crippen molar-refractivity contribution in [2.24, 2.45) is 0 Å². The average Bonchev–Trinajstić information content (AvgIpc) is 2.38. The van der Waals surface area contributed by atoms with Crippen molar-refractivity contribution in [2.75, 3.05) is 11.9 Å². The minimum atomic E-state index is -0.181. The Hall–Kier alpha value is -1.71. The van der Waals surface area contributed by atoms with E-state index >= 15 is 0 Å². The van der Waals surface area contributed by atoms with Gasteiger partial charge >= 0.3 is 5.97 Å². The highest BCUT2D eigenvalue weighted by Crippen LogP contribution is 2.20. The van der Waals surface area contributed by atoms with Crippen molar-refractivity contribution < 1.29 is 14.3 Å². The summed E-state index contributed by atoms with van der Waals surface area (Å²) in [5.74, 6) is 0.659. The fourth-order valence-electron chi connectivity index (χ4n) is 1.78. The van der Waals surface area contributed by atoms with Gasteiger partial charge in [-0.15, -0.1) is 0 Å². The number of anilines is 1. The van der Waals surface area contributed by atoms with E-state index in [0.29, 0.717) is 13.0 Å². The van der Waals surface area contributed by atoms with Gasteiger partial charge < -0.3 is 14.8 Å². The van der Waals surface area contributed by atoms with Crippen LogP contribution in [0.1, 0.15) is 40.5 Å². The van der Waals surface area contributed by atoms with Crippen LogP contribution in [-0.4, -0.2) is 24.7 Å². The quantitative estimate of drug-likeness (QED) is 0.738. The zero-order valence-electron chi connectivity index (χ0n) is 12.8. The second-order valence-corrected chi connectivity index (χ2v) is 4.92. The van der Waals surface area contributed by atoms with Crippen LogP contribution in [0.25, 0.3) is 0 Å². The van der Waals surface area contributed by atoms with Crippen LogP contribution >= 0.6 is 0 Å². The smallest absolute Gasteiger partial charge is 0.307 e. The molecule has 0 aromatic heterocycles. The lowest BCUT2D eigenvalue weighted by Gasteiger charge is -2.17. The SMILES string of the molecule is CCOC(=O)CC(C)Nc1cccc(OC(C)CC)c1. The first-order chi connectivity index (χ1) is 9.55. The normalized spacial score (nSPS) is 13.4. The highest BCUT2D eigenvalue weighted by Gasteiger charge is 2.10. The molecule has 0 fully saturated rings. The fourth-order valence-corrected chi connectivity index (χ4v) is 1.78. The molecule has 0 amide bonds. The zero-order valence-corrected chi connectivity index (χ0v) is 12.8. The first-order valence-electron chi connectivity index (χ1n) is 7.24. The Morgan fingerprint density at radius 1 is 1.30 bits per heavy atom. The highest BCUT2D eigenvalue weighted by molar-refractivity contribution is 5.70. The molecule has 0 radical (unpaired) electrons. The minimum absolute atomic E-state index is 0.0212. The summed E-state index contributed by atoms with van der Waals surface area (Å²) in [6.07, 6.45) is 1.52. The lowest BCUT2D eigenvalue weighted by molar-refractivity contribution is -0.143. The molecule has 1 aromatic rings. The molecule has 1 aromatic carbocycles. The number of carbonyl (C=O) groups excluding carboxylic acids is 1. The summed E-state index contributed by atoms with van der Waals surface area (Å²) in [6, 6.07) is 7.82. The number of ether oxygens (including phenoxy) is 2. The number of rotatable bonds is 8. The van der Waals surface area contributed by atoms with Crippen LogP contribution in [-0.2, 0) is 9.53 Å². The Morgan fingerprint density at radius 2 is 2.05 bits per heavy atom. The summed E-state index contributed by atoms with van der Waals surface area (Å²) in [7, 11) is 0. The van der Waals surface area contributed by atoms with Gasteiger partial charge in [-0.2, -0.15) is 0 Å². The van der Waals surface area contributed by atoms with Crippen LogP contribution < -0.4 is 10.1 Å². The van der Waals surface area contributed by atoms with Crippen LogP contribution in [0.2, 0.25) is 0 Å². The van der Waals surface area contributed by atoms with E-state index in [-0.39, 0.29) is 18.1 Å². The molecular formula is C16H25NO3. The number of benzene rings is 1. The molecule has 112 valence electrons. The Balaban J connectivity index is 2.54. The molecule has 1 N–H and O–H groups in total. The van der Waals surface area contributed by atoms with Gasteiger partial charge in [-0.05, 0) is 39.3 Å². The maximum absolute atomic E-state index is 11.4.